The topological polar surface area (TPSA) is 78.9 Å². The van der Waals surface area contributed by atoms with Crippen LogP contribution in [-0.4, -0.2) is 37.2 Å². The third-order valence-electron chi connectivity index (χ3n) is 13.9. The van der Waals surface area contributed by atoms with Crippen molar-refractivity contribution in [1.29, 1.82) is 0 Å². The number of carbonyl (C=O) groups is 3. The first-order valence-electron chi connectivity index (χ1n) is 32.1. The summed E-state index contributed by atoms with van der Waals surface area (Å²) < 4.78 is 16.9. The van der Waals surface area contributed by atoms with Crippen molar-refractivity contribution in [3.63, 3.8) is 0 Å². The SMILES string of the molecule is CC/C=C\C/C=C\C/C=C\C/C=C\C/C=C\C/C=C\CCCCC(=O)OC(COC(=O)CCCCCCC/C=C\CCCCCC)COC(=O)CCCCCCCCCCCCCCCCCCCCCCCCC. The molecule has 0 aromatic rings. The third kappa shape index (κ3) is 61.3. The largest absolute Gasteiger partial charge is 0.462 e. The van der Waals surface area contributed by atoms with Crippen LogP contribution in [0, 0.1) is 0 Å². The highest BCUT2D eigenvalue weighted by atomic mass is 16.6. The van der Waals surface area contributed by atoms with Crippen LogP contribution in [0.5, 0.6) is 0 Å². The summed E-state index contributed by atoms with van der Waals surface area (Å²) in [5.74, 6) is -0.935. The molecule has 0 radical (unpaired) electrons. The van der Waals surface area contributed by atoms with Crippen LogP contribution in [0.1, 0.15) is 316 Å². The second kappa shape index (κ2) is 63.1. The molecule has 1 unspecified atom stereocenters. The Morgan fingerprint density at radius 2 is 0.520 bits per heavy atom. The van der Waals surface area contributed by atoms with Crippen LogP contribution in [0.4, 0.5) is 0 Å². The molecule has 0 spiro atoms. The minimum Gasteiger partial charge on any atom is -0.462 e. The van der Waals surface area contributed by atoms with Crippen LogP contribution in [0.2, 0.25) is 0 Å². The molecule has 0 heterocycles. The Balaban J connectivity index is 4.38. The highest BCUT2D eigenvalue weighted by Crippen LogP contribution is 2.17. The Kier molecular flexibility index (Phi) is 60.3. The number of unbranched alkanes of at least 4 members (excludes halogenated alkanes) is 33. The van der Waals surface area contributed by atoms with Crippen LogP contribution in [-0.2, 0) is 28.6 Å². The molecule has 0 N–H and O–H groups in total. The number of ether oxygens (including phenoxy) is 3. The number of esters is 3. The van der Waals surface area contributed by atoms with E-state index >= 15 is 0 Å². The van der Waals surface area contributed by atoms with Gasteiger partial charge in [0.05, 0.1) is 0 Å². The molecule has 0 aliphatic carbocycles. The normalized spacial score (nSPS) is 12.6. The lowest BCUT2D eigenvalue weighted by Crippen LogP contribution is -2.30. The van der Waals surface area contributed by atoms with Gasteiger partial charge in [0.15, 0.2) is 6.10 Å². The minimum absolute atomic E-state index is 0.0943. The first kappa shape index (κ1) is 71.6. The van der Waals surface area contributed by atoms with E-state index in [1.54, 1.807) is 0 Å². The van der Waals surface area contributed by atoms with E-state index in [-0.39, 0.29) is 37.5 Å². The van der Waals surface area contributed by atoms with E-state index in [4.69, 9.17) is 14.2 Å². The second-order valence-electron chi connectivity index (χ2n) is 21.3. The molecule has 0 saturated carbocycles. The van der Waals surface area contributed by atoms with Crippen molar-refractivity contribution in [3.05, 3.63) is 85.1 Å². The van der Waals surface area contributed by atoms with Gasteiger partial charge in [-0.1, -0.05) is 286 Å². The molecule has 0 fully saturated rings. The molecular weight excluding hydrogens is 925 g/mol. The number of hydrogen-bond donors (Lipinski definition) is 0. The lowest BCUT2D eigenvalue weighted by molar-refractivity contribution is -0.167. The Bertz CT molecular complexity index is 1430. The summed E-state index contributed by atoms with van der Waals surface area (Å²) in [6.45, 7) is 6.50. The lowest BCUT2D eigenvalue weighted by atomic mass is 10.0. The van der Waals surface area contributed by atoms with Gasteiger partial charge >= 0.3 is 17.9 Å². The van der Waals surface area contributed by atoms with E-state index < -0.39 is 6.10 Å². The third-order valence-corrected chi connectivity index (χ3v) is 13.9. The molecule has 0 aromatic heterocycles. The zero-order chi connectivity index (χ0) is 54.3. The summed E-state index contributed by atoms with van der Waals surface area (Å²) in [7, 11) is 0. The first-order chi connectivity index (χ1) is 37.0. The van der Waals surface area contributed by atoms with Gasteiger partial charge in [0, 0.05) is 19.3 Å². The van der Waals surface area contributed by atoms with Gasteiger partial charge in [-0.05, 0) is 96.3 Å². The monoisotopic (exact) mass is 1040 g/mol. The Morgan fingerprint density at radius 3 is 0.867 bits per heavy atom. The number of carbonyl (C=O) groups excluding carboxylic acids is 3. The number of rotatable bonds is 58. The van der Waals surface area contributed by atoms with E-state index in [9.17, 15) is 14.4 Å². The van der Waals surface area contributed by atoms with Crippen molar-refractivity contribution in [2.75, 3.05) is 13.2 Å². The molecule has 0 aliphatic rings. The molecule has 0 saturated heterocycles. The molecule has 0 aromatic carbocycles. The predicted molar refractivity (Wildman–Crippen MR) is 325 cm³/mol. The minimum atomic E-state index is -0.803. The van der Waals surface area contributed by atoms with Crippen LogP contribution in [0.25, 0.3) is 0 Å². The van der Waals surface area contributed by atoms with Gasteiger partial charge in [-0.15, -0.1) is 0 Å². The molecule has 1 atom stereocenters. The van der Waals surface area contributed by atoms with Crippen molar-refractivity contribution >= 4 is 17.9 Å². The van der Waals surface area contributed by atoms with Gasteiger partial charge in [0.25, 0.3) is 0 Å². The molecular formula is C69H120O6. The van der Waals surface area contributed by atoms with Gasteiger partial charge in [0.2, 0.25) is 0 Å². The fraction of sp³-hybridized carbons (Fsp3) is 0.754. The quantitative estimate of drug-likeness (QED) is 0.0261. The van der Waals surface area contributed by atoms with Crippen molar-refractivity contribution in [1.82, 2.24) is 0 Å². The maximum atomic E-state index is 12.9. The molecule has 0 amide bonds. The maximum absolute atomic E-state index is 12.9. The molecule has 6 nitrogen and oxygen atoms in total. The zero-order valence-corrected chi connectivity index (χ0v) is 49.6. The predicted octanol–water partition coefficient (Wildman–Crippen LogP) is 21.9. The zero-order valence-electron chi connectivity index (χ0n) is 49.6. The number of hydrogen-bond acceptors (Lipinski definition) is 6. The van der Waals surface area contributed by atoms with Gasteiger partial charge < -0.3 is 14.2 Å². The summed E-state index contributed by atoms with van der Waals surface area (Å²) in [5.41, 5.74) is 0. The van der Waals surface area contributed by atoms with Crippen molar-refractivity contribution in [3.8, 4) is 0 Å². The summed E-state index contributed by atoms with van der Waals surface area (Å²) >= 11 is 0. The van der Waals surface area contributed by atoms with Crippen molar-refractivity contribution < 1.29 is 28.6 Å². The Labute approximate surface area is 465 Å². The lowest BCUT2D eigenvalue weighted by Gasteiger charge is -2.18. The molecule has 0 aliphatic heterocycles. The molecule has 75 heavy (non-hydrogen) atoms. The maximum Gasteiger partial charge on any atom is 0.306 e. The smallest absolute Gasteiger partial charge is 0.306 e. The standard InChI is InChI=1S/C69H120O6/c1-4-7-10-13-16-19-22-25-27-29-31-33-34-36-37-39-41-44-47-50-53-56-59-62-68(71)74-65-66(64-73-67(70)61-58-55-52-49-46-43-24-21-18-15-12-9-6-3)75-69(72)63-60-57-54-51-48-45-42-40-38-35-32-30-28-26-23-20-17-14-11-8-5-2/h8,11,17,20-21,24,26,28,32,35,40,42,48,51,66H,4-7,9-10,12-16,18-19,22-23,25,27,29-31,33-34,36-39,41,43-47,49-50,52-65H2,1-3H3/b11-8-,20-17-,24-21-,28-26-,35-32-,42-40-,51-48-. The second-order valence-corrected chi connectivity index (χ2v) is 21.3. The molecule has 0 rings (SSSR count). The summed E-state index contributed by atoms with van der Waals surface area (Å²) in [6.07, 6.45) is 83.1. The van der Waals surface area contributed by atoms with Crippen molar-refractivity contribution in [2.45, 2.75) is 322 Å². The highest BCUT2D eigenvalue weighted by molar-refractivity contribution is 5.71. The molecule has 6 heteroatoms. The average molecular weight is 1050 g/mol. The van der Waals surface area contributed by atoms with Crippen LogP contribution >= 0.6 is 0 Å². The van der Waals surface area contributed by atoms with Crippen LogP contribution in [0.15, 0.2) is 85.1 Å². The van der Waals surface area contributed by atoms with E-state index in [2.05, 4.69) is 106 Å². The fourth-order valence-electron chi connectivity index (χ4n) is 9.09. The highest BCUT2D eigenvalue weighted by Gasteiger charge is 2.19. The summed E-state index contributed by atoms with van der Waals surface area (Å²) in [6, 6.07) is 0. The molecule has 0 bridgehead atoms. The van der Waals surface area contributed by atoms with Gasteiger partial charge in [-0.2, -0.15) is 0 Å². The summed E-state index contributed by atoms with van der Waals surface area (Å²) in [5, 5.41) is 0. The van der Waals surface area contributed by atoms with Crippen molar-refractivity contribution in [2.24, 2.45) is 0 Å². The van der Waals surface area contributed by atoms with Crippen LogP contribution in [0.3, 0.4) is 0 Å². The van der Waals surface area contributed by atoms with E-state index in [1.165, 1.54) is 173 Å². The first-order valence-corrected chi connectivity index (χ1v) is 32.1. The van der Waals surface area contributed by atoms with Gasteiger partial charge in [-0.25, -0.2) is 0 Å². The van der Waals surface area contributed by atoms with Gasteiger partial charge in [0.1, 0.15) is 13.2 Å². The molecule has 432 valence electrons. The van der Waals surface area contributed by atoms with Crippen LogP contribution < -0.4 is 0 Å². The number of allylic oxidation sites excluding steroid dienone is 14. The van der Waals surface area contributed by atoms with E-state index in [0.717, 1.165) is 96.3 Å². The average Bonchev–Trinajstić information content (AvgIpc) is 3.41. The summed E-state index contributed by atoms with van der Waals surface area (Å²) in [4.78, 5) is 38.3. The Morgan fingerprint density at radius 1 is 0.280 bits per heavy atom. The fourth-order valence-corrected chi connectivity index (χ4v) is 9.09. The van der Waals surface area contributed by atoms with E-state index in [1.807, 2.05) is 0 Å². The van der Waals surface area contributed by atoms with E-state index in [0.29, 0.717) is 19.3 Å². The van der Waals surface area contributed by atoms with Gasteiger partial charge in [-0.3, -0.25) is 14.4 Å². The Hall–Kier alpha value is -3.41.